The molecule has 0 aliphatic heterocycles. The zero-order valence-electron chi connectivity index (χ0n) is 11.5. The average Bonchev–Trinajstić information content (AvgIpc) is 3.14. The van der Waals surface area contributed by atoms with Crippen molar-refractivity contribution in [3.8, 4) is 0 Å². The molecule has 0 saturated heterocycles. The van der Waals surface area contributed by atoms with Gasteiger partial charge >= 0.3 is 0 Å². The highest BCUT2D eigenvalue weighted by Gasteiger charge is 2.26. The molecule has 2 N–H and O–H groups in total. The molecular weight excluding hydrogens is 259 g/mol. The molecule has 0 aromatic heterocycles. The van der Waals surface area contributed by atoms with Crippen molar-refractivity contribution >= 4 is 17.2 Å². The molecule has 0 heterocycles. The summed E-state index contributed by atoms with van der Waals surface area (Å²) in [7, 11) is 0. The second-order valence-corrected chi connectivity index (χ2v) is 6.05. The first kappa shape index (κ1) is 14.4. The number of nitrogens with zero attached hydrogens (tertiary/aromatic N) is 1. The third kappa shape index (κ3) is 3.74. The first-order chi connectivity index (χ1) is 8.99. The SMILES string of the molecule is CC(C)N(Cc1cccc(C(N)=S)c1F)CC1CC1. The molecule has 1 aromatic rings. The zero-order valence-corrected chi connectivity index (χ0v) is 12.3. The van der Waals surface area contributed by atoms with E-state index < -0.39 is 0 Å². The van der Waals surface area contributed by atoms with E-state index in [1.54, 1.807) is 6.07 Å². The van der Waals surface area contributed by atoms with E-state index in [0.717, 1.165) is 12.5 Å². The number of halogens is 1. The maximum atomic E-state index is 14.3. The smallest absolute Gasteiger partial charge is 0.137 e. The van der Waals surface area contributed by atoms with Gasteiger partial charge in [-0.2, -0.15) is 0 Å². The molecule has 4 heteroatoms. The Morgan fingerprint density at radius 2 is 2.16 bits per heavy atom. The van der Waals surface area contributed by atoms with Crippen LogP contribution in [0.3, 0.4) is 0 Å². The molecule has 0 amide bonds. The minimum absolute atomic E-state index is 0.123. The van der Waals surface area contributed by atoms with Gasteiger partial charge in [0.25, 0.3) is 0 Å². The Bertz CT molecular complexity index is 469. The van der Waals surface area contributed by atoms with Gasteiger partial charge in [-0.3, -0.25) is 4.90 Å². The molecule has 1 saturated carbocycles. The third-order valence-corrected chi connectivity index (χ3v) is 3.86. The van der Waals surface area contributed by atoms with E-state index in [1.165, 1.54) is 12.8 Å². The van der Waals surface area contributed by atoms with Gasteiger partial charge in [-0.25, -0.2) is 4.39 Å². The second kappa shape index (κ2) is 5.97. The minimum Gasteiger partial charge on any atom is -0.389 e. The third-order valence-electron chi connectivity index (χ3n) is 3.64. The van der Waals surface area contributed by atoms with Gasteiger partial charge in [0.1, 0.15) is 10.8 Å². The standard InChI is InChI=1S/C15H21FN2S/c1-10(2)18(8-11-6-7-11)9-12-4-3-5-13(14(12)16)15(17)19/h3-5,10-11H,6-9H2,1-2H3,(H2,17,19). The van der Waals surface area contributed by atoms with Crippen molar-refractivity contribution in [1.29, 1.82) is 0 Å². The van der Waals surface area contributed by atoms with Gasteiger partial charge in [0, 0.05) is 30.3 Å². The summed E-state index contributed by atoms with van der Waals surface area (Å²) in [6, 6.07) is 5.69. The summed E-state index contributed by atoms with van der Waals surface area (Å²) < 4.78 is 14.3. The van der Waals surface area contributed by atoms with E-state index >= 15 is 0 Å². The Morgan fingerprint density at radius 3 is 2.68 bits per heavy atom. The fourth-order valence-electron chi connectivity index (χ4n) is 2.20. The second-order valence-electron chi connectivity index (χ2n) is 5.61. The number of nitrogens with two attached hydrogens (primary N) is 1. The highest BCUT2D eigenvalue weighted by atomic mass is 32.1. The normalized spacial score (nSPS) is 15.2. The van der Waals surface area contributed by atoms with Crippen LogP contribution in [-0.4, -0.2) is 22.5 Å². The molecule has 104 valence electrons. The minimum atomic E-state index is -0.267. The molecular formula is C15H21FN2S. The Balaban J connectivity index is 2.15. The van der Waals surface area contributed by atoms with Crippen molar-refractivity contribution in [2.24, 2.45) is 11.7 Å². The van der Waals surface area contributed by atoms with Crippen molar-refractivity contribution in [1.82, 2.24) is 4.90 Å². The summed E-state index contributed by atoms with van der Waals surface area (Å²) in [6.45, 7) is 5.97. The molecule has 2 rings (SSSR count). The number of thiocarbonyl (C=S) groups is 1. The summed E-state index contributed by atoms with van der Waals surface area (Å²) in [5.74, 6) is 0.528. The molecule has 0 bridgehead atoms. The zero-order chi connectivity index (χ0) is 14.0. The summed E-state index contributed by atoms with van der Waals surface area (Å²) in [5.41, 5.74) is 6.57. The van der Waals surface area contributed by atoms with E-state index in [0.29, 0.717) is 23.7 Å². The van der Waals surface area contributed by atoms with Gasteiger partial charge in [-0.1, -0.05) is 24.4 Å². The molecule has 0 unspecified atom stereocenters. The first-order valence-electron chi connectivity index (χ1n) is 6.80. The van der Waals surface area contributed by atoms with Gasteiger partial charge < -0.3 is 5.73 Å². The Morgan fingerprint density at radius 1 is 1.47 bits per heavy atom. The van der Waals surface area contributed by atoms with Crippen LogP contribution in [0.1, 0.15) is 37.8 Å². The van der Waals surface area contributed by atoms with Crippen molar-refractivity contribution in [3.05, 3.63) is 35.1 Å². The highest BCUT2D eigenvalue weighted by Crippen LogP contribution is 2.31. The van der Waals surface area contributed by atoms with Crippen LogP contribution in [0.5, 0.6) is 0 Å². The predicted octanol–water partition coefficient (Wildman–Crippen LogP) is 3.08. The number of rotatable bonds is 6. The monoisotopic (exact) mass is 280 g/mol. The maximum absolute atomic E-state index is 14.3. The summed E-state index contributed by atoms with van der Waals surface area (Å²) >= 11 is 4.88. The Hall–Kier alpha value is -1.00. The average molecular weight is 280 g/mol. The van der Waals surface area contributed by atoms with Crippen molar-refractivity contribution in [2.45, 2.75) is 39.3 Å². The van der Waals surface area contributed by atoms with Crippen LogP contribution in [0.15, 0.2) is 18.2 Å². The first-order valence-corrected chi connectivity index (χ1v) is 7.21. The predicted molar refractivity (Wildman–Crippen MR) is 80.6 cm³/mol. The van der Waals surface area contributed by atoms with E-state index in [1.807, 2.05) is 12.1 Å². The van der Waals surface area contributed by atoms with Crippen LogP contribution in [0.2, 0.25) is 0 Å². The number of hydrogen-bond donors (Lipinski definition) is 1. The molecule has 0 spiro atoms. The molecule has 1 fully saturated rings. The van der Waals surface area contributed by atoms with Crippen LogP contribution in [0, 0.1) is 11.7 Å². The molecule has 0 atom stereocenters. The fourth-order valence-corrected chi connectivity index (χ4v) is 2.36. The van der Waals surface area contributed by atoms with Crippen molar-refractivity contribution < 1.29 is 4.39 Å². The van der Waals surface area contributed by atoms with Crippen LogP contribution in [-0.2, 0) is 6.54 Å². The van der Waals surface area contributed by atoms with Crippen molar-refractivity contribution in [3.63, 3.8) is 0 Å². The number of benzene rings is 1. The van der Waals surface area contributed by atoms with E-state index in [2.05, 4.69) is 18.7 Å². The summed E-state index contributed by atoms with van der Waals surface area (Å²) in [5, 5.41) is 0. The Kier molecular flexibility index (Phi) is 4.53. The lowest BCUT2D eigenvalue weighted by Crippen LogP contribution is -2.32. The van der Waals surface area contributed by atoms with Crippen LogP contribution in [0.25, 0.3) is 0 Å². The van der Waals surface area contributed by atoms with E-state index in [-0.39, 0.29) is 10.8 Å². The topological polar surface area (TPSA) is 29.3 Å². The molecule has 19 heavy (non-hydrogen) atoms. The van der Waals surface area contributed by atoms with Crippen molar-refractivity contribution in [2.75, 3.05) is 6.54 Å². The summed E-state index contributed by atoms with van der Waals surface area (Å²) in [6.07, 6.45) is 2.61. The molecule has 1 aliphatic rings. The lowest BCUT2D eigenvalue weighted by molar-refractivity contribution is 0.201. The molecule has 0 radical (unpaired) electrons. The van der Waals surface area contributed by atoms with Gasteiger partial charge in [-0.15, -0.1) is 0 Å². The highest BCUT2D eigenvalue weighted by molar-refractivity contribution is 7.80. The fraction of sp³-hybridized carbons (Fsp3) is 0.533. The lowest BCUT2D eigenvalue weighted by atomic mass is 10.1. The molecule has 2 nitrogen and oxygen atoms in total. The van der Waals surface area contributed by atoms with Crippen LogP contribution >= 0.6 is 12.2 Å². The molecule has 1 aliphatic carbocycles. The van der Waals surface area contributed by atoms with Gasteiger partial charge in [-0.05, 0) is 38.7 Å². The maximum Gasteiger partial charge on any atom is 0.137 e. The van der Waals surface area contributed by atoms with E-state index in [4.69, 9.17) is 18.0 Å². The molecule has 1 aromatic carbocycles. The van der Waals surface area contributed by atoms with Gasteiger partial charge in [0.15, 0.2) is 0 Å². The Labute approximate surface area is 119 Å². The van der Waals surface area contributed by atoms with Crippen LogP contribution < -0.4 is 5.73 Å². The van der Waals surface area contributed by atoms with Crippen LogP contribution in [0.4, 0.5) is 4.39 Å². The van der Waals surface area contributed by atoms with E-state index in [9.17, 15) is 4.39 Å². The quantitative estimate of drug-likeness (QED) is 0.812. The lowest BCUT2D eigenvalue weighted by Gasteiger charge is -2.27. The largest absolute Gasteiger partial charge is 0.389 e. The van der Waals surface area contributed by atoms with Gasteiger partial charge in [0.05, 0.1) is 0 Å². The van der Waals surface area contributed by atoms with Gasteiger partial charge in [0.2, 0.25) is 0 Å². The summed E-state index contributed by atoms with van der Waals surface area (Å²) in [4.78, 5) is 2.44. The number of hydrogen-bond acceptors (Lipinski definition) is 2.